The van der Waals surface area contributed by atoms with Gasteiger partial charge in [0.15, 0.2) is 0 Å². The molecule has 0 bridgehead atoms. The van der Waals surface area contributed by atoms with Gasteiger partial charge in [0.2, 0.25) is 0 Å². The normalized spacial score (nSPS) is 12.8. The molecule has 1 unspecified atom stereocenters. The monoisotopic (exact) mass is 548 g/mol. The van der Waals surface area contributed by atoms with E-state index in [0.717, 1.165) is 4.47 Å². The topological polar surface area (TPSA) is 0 Å². The van der Waals surface area contributed by atoms with Crippen molar-refractivity contribution in [1.82, 2.24) is 0 Å². The van der Waals surface area contributed by atoms with Crippen LogP contribution in [0.1, 0.15) is 20.1 Å². The molecule has 0 saturated carbocycles. The Morgan fingerprint density at radius 2 is 1.88 bits per heavy atom. The first-order valence-corrected chi connectivity index (χ1v) is 9.23. The fourth-order valence-electron chi connectivity index (χ4n) is 1.52. The third-order valence-electron chi connectivity index (χ3n) is 2.30. The van der Waals surface area contributed by atoms with Gasteiger partial charge in [-0.05, 0) is 75.3 Å². The molecule has 17 heavy (non-hydrogen) atoms. The van der Waals surface area contributed by atoms with Crippen molar-refractivity contribution < 1.29 is 0 Å². The molecule has 0 amide bonds. The molecule has 90 valence electrons. The molecule has 0 spiro atoms. The molecule has 0 aliphatic carbocycles. The molecule has 0 radical (unpaired) electrons. The number of aryl methyl sites for hydroxylation is 1. The lowest BCUT2D eigenvalue weighted by molar-refractivity contribution is 1.19. The minimum atomic E-state index is 0.222. The van der Waals surface area contributed by atoms with Gasteiger partial charge in [0.05, 0.1) is 4.83 Å². The zero-order valence-corrected chi connectivity index (χ0v) is 16.5. The van der Waals surface area contributed by atoms with Gasteiger partial charge < -0.3 is 0 Å². The molecule has 2 aromatic rings. The van der Waals surface area contributed by atoms with Gasteiger partial charge in [-0.3, -0.25) is 0 Å². The molecule has 0 fully saturated rings. The Kier molecular flexibility index (Phi) is 5.14. The van der Waals surface area contributed by atoms with Crippen LogP contribution in [-0.4, -0.2) is 0 Å². The van der Waals surface area contributed by atoms with Gasteiger partial charge >= 0.3 is 0 Å². The second-order valence-electron chi connectivity index (χ2n) is 3.60. The highest BCUT2D eigenvalue weighted by atomic mass is 127. The smallest absolute Gasteiger partial charge is 0.0760 e. The van der Waals surface area contributed by atoms with E-state index >= 15 is 0 Å². The van der Waals surface area contributed by atoms with Crippen molar-refractivity contribution in [2.75, 3.05) is 0 Å². The van der Waals surface area contributed by atoms with E-state index in [1.54, 1.807) is 0 Å². The average molecular weight is 551 g/mol. The standard InChI is InChI=1S/C12H8Br3IS/c1-6-4-10(14)12(17-6)11(15)8-5-7(16)2-3-9(8)13/h2-5,11H,1H3. The van der Waals surface area contributed by atoms with Crippen molar-refractivity contribution in [2.24, 2.45) is 0 Å². The van der Waals surface area contributed by atoms with Gasteiger partial charge in [0, 0.05) is 22.3 Å². The summed E-state index contributed by atoms with van der Waals surface area (Å²) in [5, 5.41) is 0. The Morgan fingerprint density at radius 3 is 2.47 bits per heavy atom. The predicted molar refractivity (Wildman–Crippen MR) is 94.4 cm³/mol. The van der Waals surface area contributed by atoms with E-state index < -0.39 is 0 Å². The molecule has 1 aromatic carbocycles. The van der Waals surface area contributed by atoms with Crippen LogP contribution in [-0.2, 0) is 0 Å². The quantitative estimate of drug-likeness (QED) is 0.289. The van der Waals surface area contributed by atoms with Gasteiger partial charge in [-0.25, -0.2) is 0 Å². The fraction of sp³-hybridized carbons (Fsp3) is 0.167. The van der Waals surface area contributed by atoms with Gasteiger partial charge in [0.1, 0.15) is 0 Å². The summed E-state index contributed by atoms with van der Waals surface area (Å²) in [6.07, 6.45) is 0. The molecule has 0 nitrogen and oxygen atoms in total. The number of hydrogen-bond donors (Lipinski definition) is 0. The van der Waals surface area contributed by atoms with E-state index in [1.807, 2.05) is 11.3 Å². The molecule has 0 aliphatic heterocycles. The van der Waals surface area contributed by atoms with Crippen LogP contribution in [0, 0.1) is 10.5 Å². The maximum Gasteiger partial charge on any atom is 0.0760 e. The van der Waals surface area contributed by atoms with Crippen molar-refractivity contribution in [1.29, 1.82) is 0 Å². The van der Waals surface area contributed by atoms with E-state index in [9.17, 15) is 0 Å². The molecule has 1 aromatic heterocycles. The highest BCUT2D eigenvalue weighted by Gasteiger charge is 2.18. The minimum absolute atomic E-state index is 0.222. The predicted octanol–water partition coefficient (Wildman–Crippen LogP) is 6.67. The van der Waals surface area contributed by atoms with Crippen LogP contribution in [0.5, 0.6) is 0 Å². The molecular weight excluding hydrogens is 543 g/mol. The molecule has 5 heteroatoms. The summed E-state index contributed by atoms with van der Waals surface area (Å²) in [6.45, 7) is 2.13. The van der Waals surface area contributed by atoms with Crippen molar-refractivity contribution >= 4 is 81.7 Å². The summed E-state index contributed by atoms with van der Waals surface area (Å²) in [7, 11) is 0. The van der Waals surface area contributed by atoms with Crippen molar-refractivity contribution in [2.45, 2.75) is 11.8 Å². The summed E-state index contributed by atoms with van der Waals surface area (Å²) < 4.78 is 3.56. The Bertz CT molecular complexity index is 551. The van der Waals surface area contributed by atoms with E-state index in [-0.39, 0.29) is 4.83 Å². The number of hydrogen-bond acceptors (Lipinski definition) is 1. The largest absolute Gasteiger partial charge is 0.143 e. The number of rotatable bonds is 2. The number of thiophene rings is 1. The Morgan fingerprint density at radius 1 is 1.18 bits per heavy atom. The highest BCUT2D eigenvalue weighted by molar-refractivity contribution is 14.1. The molecular formula is C12H8Br3IS. The third kappa shape index (κ3) is 3.35. The van der Waals surface area contributed by atoms with Crippen molar-refractivity contribution in [3.05, 3.63) is 52.1 Å². The molecule has 1 atom stereocenters. The van der Waals surface area contributed by atoms with Crippen molar-refractivity contribution in [3.8, 4) is 0 Å². The lowest BCUT2D eigenvalue weighted by atomic mass is 10.1. The lowest BCUT2D eigenvalue weighted by Crippen LogP contribution is -1.93. The zero-order valence-electron chi connectivity index (χ0n) is 8.81. The number of alkyl halides is 1. The highest BCUT2D eigenvalue weighted by Crippen LogP contribution is 2.43. The van der Waals surface area contributed by atoms with Crippen LogP contribution in [0.2, 0.25) is 0 Å². The first-order chi connectivity index (χ1) is 7.99. The van der Waals surface area contributed by atoms with E-state index in [0.29, 0.717) is 0 Å². The summed E-state index contributed by atoms with van der Waals surface area (Å²) in [6, 6.07) is 8.56. The second-order valence-corrected chi connectivity index (χ2v) is 8.76. The van der Waals surface area contributed by atoms with Crippen LogP contribution in [0.3, 0.4) is 0 Å². The van der Waals surface area contributed by atoms with Crippen LogP contribution < -0.4 is 0 Å². The zero-order chi connectivity index (χ0) is 12.6. The van der Waals surface area contributed by atoms with Crippen LogP contribution in [0.25, 0.3) is 0 Å². The molecule has 0 N–H and O–H groups in total. The van der Waals surface area contributed by atoms with Gasteiger partial charge in [0.25, 0.3) is 0 Å². The molecule has 1 heterocycles. The van der Waals surface area contributed by atoms with E-state index in [2.05, 4.69) is 102 Å². The SMILES string of the molecule is Cc1cc(Br)c(C(Br)c2cc(I)ccc2Br)s1. The van der Waals surface area contributed by atoms with Crippen LogP contribution in [0.4, 0.5) is 0 Å². The molecule has 0 aliphatic rings. The van der Waals surface area contributed by atoms with Gasteiger partial charge in [-0.2, -0.15) is 0 Å². The average Bonchev–Trinajstić information content (AvgIpc) is 2.60. The van der Waals surface area contributed by atoms with Crippen LogP contribution in [0.15, 0.2) is 33.2 Å². The Balaban J connectivity index is 2.46. The number of benzene rings is 1. The van der Waals surface area contributed by atoms with Gasteiger partial charge in [-0.15, -0.1) is 11.3 Å². The fourth-order valence-corrected chi connectivity index (χ4v) is 5.91. The first-order valence-electron chi connectivity index (χ1n) is 4.84. The first kappa shape index (κ1) is 14.5. The Hall–Kier alpha value is 1.09. The number of halogens is 4. The second kappa shape index (κ2) is 6.03. The van der Waals surface area contributed by atoms with Gasteiger partial charge in [-0.1, -0.05) is 31.9 Å². The van der Waals surface area contributed by atoms with Crippen molar-refractivity contribution in [3.63, 3.8) is 0 Å². The summed E-state index contributed by atoms with van der Waals surface area (Å²) in [5.41, 5.74) is 1.26. The van der Waals surface area contributed by atoms with Crippen LogP contribution >= 0.6 is 81.7 Å². The van der Waals surface area contributed by atoms with E-state index in [4.69, 9.17) is 0 Å². The summed E-state index contributed by atoms with van der Waals surface area (Å²) >= 11 is 15.2. The summed E-state index contributed by atoms with van der Waals surface area (Å²) in [5.74, 6) is 0. The molecule has 0 saturated heterocycles. The Labute approximate surface area is 144 Å². The maximum absolute atomic E-state index is 3.79. The molecule has 2 rings (SSSR count). The third-order valence-corrected chi connectivity index (χ3v) is 6.98. The summed E-state index contributed by atoms with van der Waals surface area (Å²) in [4.78, 5) is 2.85. The maximum atomic E-state index is 3.79. The lowest BCUT2D eigenvalue weighted by Gasteiger charge is -2.12. The minimum Gasteiger partial charge on any atom is -0.143 e. The van der Waals surface area contributed by atoms with E-state index in [1.165, 1.54) is 23.4 Å².